The topological polar surface area (TPSA) is 103 Å². The van der Waals surface area contributed by atoms with Crippen LogP contribution in [0.4, 0.5) is 22.0 Å². The van der Waals surface area contributed by atoms with Gasteiger partial charge in [0.15, 0.2) is 11.6 Å². The number of hydrogen-bond donors (Lipinski definition) is 2. The van der Waals surface area contributed by atoms with Crippen LogP contribution in [-0.2, 0) is 17.9 Å². The molecule has 0 saturated carbocycles. The van der Waals surface area contributed by atoms with E-state index in [-0.39, 0.29) is 61.5 Å². The summed E-state index contributed by atoms with van der Waals surface area (Å²) in [5.41, 5.74) is -4.39. The fourth-order valence-electron chi connectivity index (χ4n) is 4.44. The lowest BCUT2D eigenvalue weighted by atomic mass is 9.95. The number of alkyl halides is 3. The number of carbonyl (C=O) groups is 1. The van der Waals surface area contributed by atoms with Gasteiger partial charge in [0.25, 0.3) is 5.56 Å². The van der Waals surface area contributed by atoms with E-state index in [4.69, 9.17) is 9.84 Å². The van der Waals surface area contributed by atoms with Crippen molar-refractivity contribution < 1.29 is 36.6 Å². The first kappa shape index (κ1) is 29.8. The second-order valence-electron chi connectivity index (χ2n) is 8.90. The molecule has 1 aliphatic rings. The van der Waals surface area contributed by atoms with Crippen LogP contribution in [-0.4, -0.2) is 46.6 Å². The monoisotopic (exact) mass is 557 g/mol. The summed E-state index contributed by atoms with van der Waals surface area (Å²) in [5.74, 6) is -3.22. The number of aromatic nitrogens is 2. The molecule has 2 aromatic rings. The molecular formula is C26H28F5N3O5. The Bertz CT molecular complexity index is 1420. The van der Waals surface area contributed by atoms with Crippen molar-refractivity contribution in [2.45, 2.75) is 51.9 Å². The molecule has 0 unspecified atom stereocenters. The summed E-state index contributed by atoms with van der Waals surface area (Å²) >= 11 is 0. The average Bonchev–Trinajstić information content (AvgIpc) is 2.86. The maximum atomic E-state index is 15.2. The van der Waals surface area contributed by atoms with Crippen molar-refractivity contribution in [3.05, 3.63) is 73.6 Å². The Kier molecular flexibility index (Phi) is 9.49. The van der Waals surface area contributed by atoms with Gasteiger partial charge in [-0.1, -0.05) is 12.1 Å². The van der Waals surface area contributed by atoms with E-state index in [2.05, 4.69) is 5.32 Å². The number of halogens is 5. The molecule has 13 heteroatoms. The van der Waals surface area contributed by atoms with Gasteiger partial charge in [-0.05, 0) is 44.9 Å². The van der Waals surface area contributed by atoms with Crippen molar-refractivity contribution in [3.63, 3.8) is 0 Å². The van der Waals surface area contributed by atoms with Gasteiger partial charge >= 0.3 is 17.8 Å². The Labute approximate surface area is 220 Å². The smallest absolute Gasteiger partial charge is 0.413 e. The number of nitrogens with zero attached hydrogens (tertiary/aromatic N) is 2. The number of aliphatic carboxylic acids is 1. The van der Waals surface area contributed by atoms with Crippen LogP contribution in [0.2, 0.25) is 0 Å². The first-order chi connectivity index (χ1) is 18.4. The number of rotatable bonds is 11. The molecule has 8 nitrogen and oxygen atoms in total. The van der Waals surface area contributed by atoms with E-state index < -0.39 is 59.2 Å². The van der Waals surface area contributed by atoms with Crippen LogP contribution in [0.25, 0.3) is 11.1 Å². The number of carboxylic acid groups (broad SMARTS) is 1. The Morgan fingerprint density at radius 1 is 1.15 bits per heavy atom. The van der Waals surface area contributed by atoms with Gasteiger partial charge in [0.05, 0.1) is 19.2 Å². The summed E-state index contributed by atoms with van der Waals surface area (Å²) in [7, 11) is 1.22. The molecule has 0 saturated heterocycles. The second-order valence-corrected chi connectivity index (χ2v) is 8.90. The van der Waals surface area contributed by atoms with E-state index in [1.807, 2.05) is 0 Å². The lowest BCUT2D eigenvalue weighted by molar-refractivity contribution is -0.137. The Balaban J connectivity index is 2.16. The highest BCUT2D eigenvalue weighted by molar-refractivity contribution is 5.67. The number of benzene rings is 1. The molecule has 0 amide bonds. The van der Waals surface area contributed by atoms with Crippen LogP contribution in [0.3, 0.4) is 0 Å². The molecule has 0 atom stereocenters. The van der Waals surface area contributed by atoms with Crippen molar-refractivity contribution in [2.75, 3.05) is 20.2 Å². The van der Waals surface area contributed by atoms with Gasteiger partial charge in [0, 0.05) is 41.9 Å². The maximum absolute atomic E-state index is 15.2. The number of hydrogen-bond acceptors (Lipinski definition) is 5. The first-order valence-electron chi connectivity index (χ1n) is 12.1. The molecule has 0 bridgehead atoms. The maximum Gasteiger partial charge on any atom is 0.413 e. The number of methoxy groups -OCH3 is 1. The molecule has 1 aromatic heterocycles. The SMILES string of the molecule is COc1cccc(-c2c(C)n(CC3=C(C(F)(F)F)CCC=C3F)c(=O)n(CCNCCCC(=O)O)c2=O)c1F. The van der Waals surface area contributed by atoms with Crippen LogP contribution >= 0.6 is 0 Å². The van der Waals surface area contributed by atoms with Crippen LogP contribution in [0, 0.1) is 12.7 Å². The fourth-order valence-corrected chi connectivity index (χ4v) is 4.44. The van der Waals surface area contributed by atoms with Gasteiger partial charge in [-0.15, -0.1) is 0 Å². The van der Waals surface area contributed by atoms with Gasteiger partial charge in [-0.25, -0.2) is 13.6 Å². The van der Waals surface area contributed by atoms with Crippen molar-refractivity contribution in [1.29, 1.82) is 0 Å². The van der Waals surface area contributed by atoms with Crippen molar-refractivity contribution in [3.8, 4) is 16.9 Å². The van der Waals surface area contributed by atoms with Crippen molar-refractivity contribution in [1.82, 2.24) is 14.5 Å². The summed E-state index contributed by atoms with van der Waals surface area (Å²) in [5, 5.41) is 11.6. The van der Waals surface area contributed by atoms with E-state index >= 15 is 4.39 Å². The predicted octanol–water partition coefficient (Wildman–Crippen LogP) is 4.09. The number of nitrogens with one attached hydrogen (secondary N) is 1. The minimum atomic E-state index is -4.84. The molecule has 212 valence electrons. The van der Waals surface area contributed by atoms with E-state index in [9.17, 15) is 31.9 Å². The third kappa shape index (κ3) is 6.64. The predicted molar refractivity (Wildman–Crippen MR) is 133 cm³/mol. The van der Waals surface area contributed by atoms with E-state index in [0.29, 0.717) is 0 Å². The molecule has 0 spiro atoms. The summed E-state index contributed by atoms with van der Waals surface area (Å²) in [4.78, 5) is 37.5. The molecule has 39 heavy (non-hydrogen) atoms. The standard InChI is InChI=1S/C26H28F5N3O5/c1-15-22(16-6-3-9-20(39-2)23(16)28)24(37)33(13-12-32-11-5-10-21(35)36)25(38)34(15)14-17-18(26(29,30)31)7-4-8-19(17)27/h3,6,8-9,32H,4-5,7,10-14H2,1-2H3,(H,35,36). The lowest BCUT2D eigenvalue weighted by Crippen LogP contribution is -2.44. The van der Waals surface area contributed by atoms with Crippen molar-refractivity contribution in [2.24, 2.45) is 0 Å². The number of allylic oxidation sites excluding steroid dienone is 4. The average molecular weight is 558 g/mol. The van der Waals surface area contributed by atoms with E-state index in [1.165, 1.54) is 32.2 Å². The Morgan fingerprint density at radius 3 is 2.51 bits per heavy atom. The lowest BCUT2D eigenvalue weighted by Gasteiger charge is -2.23. The zero-order chi connectivity index (χ0) is 28.9. The summed E-state index contributed by atoms with van der Waals surface area (Å²) in [6, 6.07) is 3.99. The number of ether oxygens (including phenoxy) is 1. The van der Waals surface area contributed by atoms with Gasteiger partial charge in [-0.2, -0.15) is 13.2 Å². The highest BCUT2D eigenvalue weighted by Gasteiger charge is 2.38. The molecule has 0 aliphatic heterocycles. The van der Waals surface area contributed by atoms with Crippen LogP contribution in [0.1, 0.15) is 31.4 Å². The van der Waals surface area contributed by atoms with Crippen LogP contribution < -0.4 is 21.3 Å². The zero-order valence-corrected chi connectivity index (χ0v) is 21.3. The molecule has 1 heterocycles. The molecule has 1 aromatic carbocycles. The van der Waals surface area contributed by atoms with Crippen LogP contribution in [0.15, 0.2) is 50.8 Å². The molecule has 1 aliphatic carbocycles. The fraction of sp³-hybridized carbons (Fsp3) is 0.423. The number of carboxylic acids is 1. The summed E-state index contributed by atoms with van der Waals surface area (Å²) < 4.78 is 77.6. The highest BCUT2D eigenvalue weighted by atomic mass is 19.4. The highest BCUT2D eigenvalue weighted by Crippen LogP contribution is 2.38. The second kappa shape index (κ2) is 12.4. The molecular weight excluding hydrogens is 529 g/mol. The minimum absolute atomic E-state index is 0.0304. The Morgan fingerprint density at radius 2 is 1.87 bits per heavy atom. The van der Waals surface area contributed by atoms with Crippen LogP contribution in [0.5, 0.6) is 5.75 Å². The third-order valence-corrected chi connectivity index (χ3v) is 6.43. The third-order valence-electron chi connectivity index (χ3n) is 6.43. The van der Waals surface area contributed by atoms with E-state index in [0.717, 1.165) is 15.2 Å². The van der Waals surface area contributed by atoms with Crippen molar-refractivity contribution >= 4 is 5.97 Å². The summed E-state index contributed by atoms with van der Waals surface area (Å²) in [6.45, 7) is 0.489. The molecule has 2 N–H and O–H groups in total. The van der Waals surface area contributed by atoms with Gasteiger partial charge < -0.3 is 15.2 Å². The zero-order valence-electron chi connectivity index (χ0n) is 21.3. The molecule has 0 fully saturated rings. The summed E-state index contributed by atoms with van der Waals surface area (Å²) in [6.07, 6.45) is -4.29. The van der Waals surface area contributed by atoms with E-state index in [1.54, 1.807) is 0 Å². The van der Waals surface area contributed by atoms with Gasteiger partial charge in [0.2, 0.25) is 0 Å². The largest absolute Gasteiger partial charge is 0.494 e. The quantitative estimate of drug-likeness (QED) is 0.319. The van der Waals surface area contributed by atoms with Gasteiger partial charge in [-0.3, -0.25) is 18.7 Å². The molecule has 3 rings (SSSR count). The Hall–Kier alpha value is -3.74. The first-order valence-corrected chi connectivity index (χ1v) is 12.1. The minimum Gasteiger partial charge on any atom is -0.494 e. The van der Waals surface area contributed by atoms with Gasteiger partial charge in [0.1, 0.15) is 5.83 Å². The molecule has 0 radical (unpaired) electrons. The normalized spacial score (nSPS) is 14.0.